The number of hydrogen-bond acceptors (Lipinski definition) is 3. The van der Waals surface area contributed by atoms with E-state index in [1.807, 2.05) is 24.4 Å². The molecule has 0 spiro atoms. The van der Waals surface area contributed by atoms with Crippen LogP contribution in [0.4, 0.5) is 0 Å². The van der Waals surface area contributed by atoms with E-state index in [2.05, 4.69) is 15.0 Å². The molecule has 1 aromatic carbocycles. The first-order valence-corrected chi connectivity index (χ1v) is 8.52. The Kier molecular flexibility index (Phi) is 4.64. The normalized spacial score (nSPS) is 11.7. The highest BCUT2D eigenvalue weighted by atomic mass is 32.2. The summed E-state index contributed by atoms with van der Waals surface area (Å²) in [4.78, 5) is 14.1. The highest BCUT2D eigenvalue weighted by Gasteiger charge is 2.06. The fraction of sp³-hybridized carbons (Fsp3) is 0.357. The van der Waals surface area contributed by atoms with Gasteiger partial charge in [-0.25, -0.2) is 13.1 Å². The number of hydrogen-bond donors (Lipinski definition) is 3. The number of amides is 1. The van der Waals surface area contributed by atoms with Gasteiger partial charge >= 0.3 is 0 Å². The van der Waals surface area contributed by atoms with E-state index in [4.69, 9.17) is 0 Å². The maximum atomic E-state index is 11.1. The van der Waals surface area contributed by atoms with Crippen molar-refractivity contribution in [1.82, 2.24) is 15.0 Å². The minimum Gasteiger partial charge on any atom is -0.361 e. The van der Waals surface area contributed by atoms with Crippen LogP contribution in [0.5, 0.6) is 0 Å². The molecule has 1 heterocycles. The van der Waals surface area contributed by atoms with E-state index in [1.165, 1.54) is 6.92 Å². The lowest BCUT2D eigenvalue weighted by Crippen LogP contribution is -2.22. The first-order chi connectivity index (χ1) is 9.85. The summed E-state index contributed by atoms with van der Waals surface area (Å²) in [6.45, 7) is 2.34. The average molecular weight is 309 g/mol. The maximum absolute atomic E-state index is 11.1. The third-order valence-corrected chi connectivity index (χ3v) is 3.81. The van der Waals surface area contributed by atoms with Crippen LogP contribution in [0.2, 0.25) is 0 Å². The molecule has 0 unspecified atom stereocenters. The average Bonchev–Trinajstić information content (AvgIpc) is 2.78. The molecule has 114 valence electrons. The summed E-state index contributed by atoms with van der Waals surface area (Å²) < 4.78 is 24.7. The lowest BCUT2D eigenvalue weighted by Gasteiger charge is -2.05. The number of nitrogens with one attached hydrogen (secondary N) is 3. The zero-order chi connectivity index (χ0) is 15.5. The molecule has 0 bridgehead atoms. The Morgan fingerprint density at radius 1 is 1.33 bits per heavy atom. The van der Waals surface area contributed by atoms with E-state index in [0.29, 0.717) is 6.54 Å². The maximum Gasteiger partial charge on any atom is 0.216 e. The molecule has 2 aromatic rings. The summed E-state index contributed by atoms with van der Waals surface area (Å²) in [7, 11) is -3.20. The molecule has 3 N–H and O–H groups in total. The third-order valence-electron chi connectivity index (χ3n) is 3.14. The lowest BCUT2D eigenvalue weighted by atomic mass is 10.1. The fourth-order valence-electron chi connectivity index (χ4n) is 2.13. The van der Waals surface area contributed by atoms with Gasteiger partial charge in [0.1, 0.15) is 0 Å². The Hall–Kier alpha value is -1.86. The second-order valence-electron chi connectivity index (χ2n) is 5.02. The van der Waals surface area contributed by atoms with Crippen LogP contribution in [0.15, 0.2) is 24.4 Å². The van der Waals surface area contributed by atoms with Crippen LogP contribution >= 0.6 is 0 Å². The van der Waals surface area contributed by atoms with Crippen molar-refractivity contribution in [1.29, 1.82) is 0 Å². The molecule has 0 saturated carbocycles. The zero-order valence-electron chi connectivity index (χ0n) is 12.1. The highest BCUT2D eigenvalue weighted by Crippen LogP contribution is 2.20. The molecule has 1 aromatic heterocycles. The molecule has 0 fully saturated rings. The monoisotopic (exact) mass is 309 g/mol. The molecule has 0 radical (unpaired) electrons. The number of H-pyrrole nitrogens is 1. The lowest BCUT2D eigenvalue weighted by molar-refractivity contribution is -0.118. The first-order valence-electron chi connectivity index (χ1n) is 6.63. The van der Waals surface area contributed by atoms with Crippen LogP contribution in [-0.4, -0.2) is 32.1 Å². The van der Waals surface area contributed by atoms with Gasteiger partial charge in [-0.05, 0) is 29.7 Å². The number of benzene rings is 1. The number of sulfonamides is 1. The Bertz CT molecular complexity index is 750. The van der Waals surface area contributed by atoms with Crippen LogP contribution in [0.25, 0.3) is 10.9 Å². The first kappa shape index (κ1) is 15.5. The van der Waals surface area contributed by atoms with E-state index in [9.17, 15) is 13.2 Å². The summed E-state index contributed by atoms with van der Waals surface area (Å²) in [6.07, 6.45) is 3.78. The Morgan fingerprint density at radius 3 is 2.76 bits per heavy atom. The van der Waals surface area contributed by atoms with Crippen LogP contribution in [0.3, 0.4) is 0 Å². The SMILES string of the molecule is CC(=O)NCCc1c[nH]c2ccc(CNS(C)(=O)=O)cc12. The van der Waals surface area contributed by atoms with Gasteiger partial charge in [0, 0.05) is 37.1 Å². The van der Waals surface area contributed by atoms with Crippen LogP contribution in [0, 0.1) is 0 Å². The molecule has 1 amide bonds. The molecule has 0 aliphatic heterocycles. The number of aromatic nitrogens is 1. The zero-order valence-corrected chi connectivity index (χ0v) is 12.9. The van der Waals surface area contributed by atoms with Crippen LogP contribution in [-0.2, 0) is 27.8 Å². The highest BCUT2D eigenvalue weighted by molar-refractivity contribution is 7.88. The predicted molar refractivity (Wildman–Crippen MR) is 82.4 cm³/mol. The predicted octanol–water partition coefficient (Wildman–Crippen LogP) is 0.896. The minimum atomic E-state index is -3.20. The summed E-state index contributed by atoms with van der Waals surface area (Å²) in [5.74, 6) is -0.0483. The Balaban J connectivity index is 2.14. The standard InChI is InChI=1S/C14H19N3O3S/c1-10(18)15-6-5-12-9-16-14-4-3-11(7-13(12)14)8-17-21(2,19)20/h3-4,7,9,16-17H,5-6,8H2,1-2H3,(H,15,18). The minimum absolute atomic E-state index is 0.0483. The fourth-order valence-corrected chi connectivity index (χ4v) is 2.56. The van der Waals surface area contributed by atoms with Crippen molar-refractivity contribution in [2.45, 2.75) is 19.9 Å². The number of carbonyl (C=O) groups is 1. The van der Waals surface area contributed by atoms with Gasteiger partial charge in [-0.2, -0.15) is 0 Å². The molecule has 0 aliphatic rings. The van der Waals surface area contributed by atoms with E-state index < -0.39 is 10.0 Å². The second kappa shape index (κ2) is 6.28. The number of carbonyl (C=O) groups excluding carboxylic acids is 1. The summed E-state index contributed by atoms with van der Waals surface area (Å²) in [5, 5.41) is 3.81. The van der Waals surface area contributed by atoms with Gasteiger partial charge in [0.15, 0.2) is 0 Å². The van der Waals surface area contributed by atoms with Gasteiger partial charge in [0.25, 0.3) is 0 Å². The molecule has 0 atom stereocenters. The number of aromatic amines is 1. The third kappa shape index (κ3) is 4.57. The van der Waals surface area contributed by atoms with Crippen molar-refractivity contribution in [2.75, 3.05) is 12.8 Å². The number of fused-ring (bicyclic) bond motifs is 1. The molecule has 0 aliphatic carbocycles. The molecule has 6 nitrogen and oxygen atoms in total. The molecular formula is C14H19N3O3S. The van der Waals surface area contributed by atoms with E-state index in [0.717, 1.165) is 34.7 Å². The Morgan fingerprint density at radius 2 is 2.10 bits per heavy atom. The quantitative estimate of drug-likeness (QED) is 0.740. The molecule has 7 heteroatoms. The molecule has 2 rings (SSSR count). The van der Waals surface area contributed by atoms with Crippen molar-refractivity contribution in [3.8, 4) is 0 Å². The van der Waals surface area contributed by atoms with Gasteiger partial charge < -0.3 is 10.3 Å². The second-order valence-corrected chi connectivity index (χ2v) is 6.85. The van der Waals surface area contributed by atoms with Crippen molar-refractivity contribution in [3.05, 3.63) is 35.5 Å². The van der Waals surface area contributed by atoms with Gasteiger partial charge in [-0.1, -0.05) is 6.07 Å². The number of rotatable bonds is 6. The summed E-state index contributed by atoms with van der Waals surface area (Å²) in [6, 6.07) is 5.78. The van der Waals surface area contributed by atoms with Gasteiger partial charge in [-0.15, -0.1) is 0 Å². The van der Waals surface area contributed by atoms with Crippen molar-refractivity contribution in [3.63, 3.8) is 0 Å². The molecule has 0 saturated heterocycles. The van der Waals surface area contributed by atoms with Gasteiger partial charge in [-0.3, -0.25) is 4.79 Å². The largest absolute Gasteiger partial charge is 0.361 e. The van der Waals surface area contributed by atoms with E-state index in [-0.39, 0.29) is 12.5 Å². The Labute approximate surface area is 124 Å². The summed E-state index contributed by atoms with van der Waals surface area (Å²) >= 11 is 0. The van der Waals surface area contributed by atoms with Crippen molar-refractivity contribution in [2.24, 2.45) is 0 Å². The van der Waals surface area contributed by atoms with Crippen molar-refractivity contribution < 1.29 is 13.2 Å². The van der Waals surface area contributed by atoms with Crippen molar-refractivity contribution >= 4 is 26.8 Å². The van der Waals surface area contributed by atoms with Crippen LogP contribution in [0.1, 0.15) is 18.1 Å². The van der Waals surface area contributed by atoms with Gasteiger partial charge in [0.05, 0.1) is 6.26 Å². The van der Waals surface area contributed by atoms with Gasteiger partial charge in [0.2, 0.25) is 15.9 Å². The topological polar surface area (TPSA) is 91.1 Å². The van der Waals surface area contributed by atoms with E-state index >= 15 is 0 Å². The molecule has 21 heavy (non-hydrogen) atoms. The summed E-state index contributed by atoms with van der Waals surface area (Å²) in [5.41, 5.74) is 2.99. The van der Waals surface area contributed by atoms with E-state index in [1.54, 1.807) is 0 Å². The molecular weight excluding hydrogens is 290 g/mol. The smallest absolute Gasteiger partial charge is 0.216 e. The van der Waals surface area contributed by atoms with Crippen LogP contribution < -0.4 is 10.0 Å².